The minimum Gasteiger partial charge on any atom is -0.478 e. The van der Waals surface area contributed by atoms with Crippen molar-refractivity contribution in [3.8, 4) is 0 Å². The molecule has 0 aromatic heterocycles. The Morgan fingerprint density at radius 3 is 2.87 bits per heavy atom. The SMILES string of the molecule is CSCc1cc(F)cc(C=CC(=O)O)c1. The number of carboxylic acid groups (broad SMARTS) is 1. The van der Waals surface area contributed by atoms with Crippen LogP contribution in [0.15, 0.2) is 24.3 Å². The zero-order valence-corrected chi connectivity index (χ0v) is 9.05. The van der Waals surface area contributed by atoms with Gasteiger partial charge in [0.25, 0.3) is 0 Å². The molecule has 15 heavy (non-hydrogen) atoms. The summed E-state index contributed by atoms with van der Waals surface area (Å²) >= 11 is 1.59. The first-order valence-corrected chi connectivity index (χ1v) is 5.70. The molecular formula is C11H11FO2S. The lowest BCUT2D eigenvalue weighted by Gasteiger charge is -2.01. The lowest BCUT2D eigenvalue weighted by molar-refractivity contribution is -0.131. The molecule has 0 heterocycles. The molecule has 0 radical (unpaired) electrons. The van der Waals surface area contributed by atoms with Crippen LogP contribution in [0.25, 0.3) is 6.08 Å². The van der Waals surface area contributed by atoms with Crippen LogP contribution in [0.5, 0.6) is 0 Å². The fourth-order valence-electron chi connectivity index (χ4n) is 1.19. The molecule has 0 atom stereocenters. The summed E-state index contributed by atoms with van der Waals surface area (Å²) in [7, 11) is 0. The highest BCUT2D eigenvalue weighted by Crippen LogP contribution is 2.15. The van der Waals surface area contributed by atoms with Gasteiger partial charge in [0.1, 0.15) is 5.82 Å². The lowest BCUT2D eigenvalue weighted by atomic mass is 10.1. The predicted molar refractivity (Wildman–Crippen MR) is 60.3 cm³/mol. The summed E-state index contributed by atoms with van der Waals surface area (Å²) in [6.45, 7) is 0. The Hall–Kier alpha value is -1.29. The Labute approximate surface area is 91.8 Å². The smallest absolute Gasteiger partial charge is 0.328 e. The van der Waals surface area contributed by atoms with E-state index in [0.29, 0.717) is 11.3 Å². The summed E-state index contributed by atoms with van der Waals surface area (Å²) in [5.74, 6) is -0.664. The summed E-state index contributed by atoms with van der Waals surface area (Å²) in [6, 6.07) is 4.54. The molecule has 80 valence electrons. The van der Waals surface area contributed by atoms with E-state index in [-0.39, 0.29) is 5.82 Å². The van der Waals surface area contributed by atoms with Crippen LogP contribution < -0.4 is 0 Å². The molecule has 0 saturated carbocycles. The molecule has 0 amide bonds. The average Bonchev–Trinajstić information content (AvgIpc) is 2.14. The van der Waals surface area contributed by atoms with E-state index in [0.717, 1.165) is 11.6 Å². The molecular weight excluding hydrogens is 215 g/mol. The molecule has 0 saturated heterocycles. The number of hydrogen-bond donors (Lipinski definition) is 1. The largest absolute Gasteiger partial charge is 0.478 e. The summed E-state index contributed by atoms with van der Waals surface area (Å²) in [5.41, 5.74) is 1.42. The monoisotopic (exact) mass is 226 g/mol. The van der Waals surface area contributed by atoms with Crippen molar-refractivity contribution in [2.75, 3.05) is 6.26 Å². The molecule has 0 aliphatic rings. The van der Waals surface area contributed by atoms with Gasteiger partial charge in [-0.1, -0.05) is 6.07 Å². The van der Waals surface area contributed by atoms with Gasteiger partial charge in [0, 0.05) is 11.8 Å². The van der Waals surface area contributed by atoms with E-state index in [1.165, 1.54) is 18.2 Å². The van der Waals surface area contributed by atoms with Crippen LogP contribution in [-0.4, -0.2) is 17.3 Å². The Morgan fingerprint density at radius 1 is 1.53 bits per heavy atom. The van der Waals surface area contributed by atoms with E-state index >= 15 is 0 Å². The standard InChI is InChI=1S/C11H11FO2S/c1-15-7-9-4-8(2-3-11(13)14)5-10(12)6-9/h2-6H,7H2,1H3,(H,13,14). The molecule has 0 spiro atoms. The number of hydrogen-bond acceptors (Lipinski definition) is 2. The first-order chi connectivity index (χ1) is 7.11. The van der Waals surface area contributed by atoms with Crippen LogP contribution in [0.1, 0.15) is 11.1 Å². The van der Waals surface area contributed by atoms with Crippen LogP contribution in [0.4, 0.5) is 4.39 Å². The van der Waals surface area contributed by atoms with E-state index in [9.17, 15) is 9.18 Å². The van der Waals surface area contributed by atoms with Gasteiger partial charge in [-0.05, 0) is 35.6 Å². The number of halogens is 1. The molecule has 1 aromatic carbocycles. The minimum absolute atomic E-state index is 0.341. The summed E-state index contributed by atoms with van der Waals surface area (Å²) in [4.78, 5) is 10.3. The van der Waals surface area contributed by atoms with Crippen molar-refractivity contribution in [2.45, 2.75) is 5.75 Å². The van der Waals surface area contributed by atoms with E-state index in [4.69, 9.17) is 5.11 Å². The van der Waals surface area contributed by atoms with E-state index in [2.05, 4.69) is 0 Å². The molecule has 1 aromatic rings. The van der Waals surface area contributed by atoms with Gasteiger partial charge in [0.05, 0.1) is 0 Å². The number of carboxylic acids is 1. The van der Waals surface area contributed by atoms with Gasteiger partial charge in [-0.25, -0.2) is 9.18 Å². The van der Waals surface area contributed by atoms with Crippen molar-refractivity contribution in [3.63, 3.8) is 0 Å². The van der Waals surface area contributed by atoms with Crippen molar-refractivity contribution in [1.29, 1.82) is 0 Å². The molecule has 0 unspecified atom stereocenters. The average molecular weight is 226 g/mol. The van der Waals surface area contributed by atoms with Crippen molar-refractivity contribution < 1.29 is 14.3 Å². The fraction of sp³-hybridized carbons (Fsp3) is 0.182. The third-order valence-electron chi connectivity index (χ3n) is 1.71. The maximum Gasteiger partial charge on any atom is 0.328 e. The Bertz CT molecular complexity index is 388. The van der Waals surface area contributed by atoms with Crippen LogP contribution in [0.2, 0.25) is 0 Å². The predicted octanol–water partition coefficient (Wildman–Crippen LogP) is 2.79. The number of benzene rings is 1. The number of rotatable bonds is 4. The highest BCUT2D eigenvalue weighted by molar-refractivity contribution is 7.97. The highest BCUT2D eigenvalue weighted by atomic mass is 32.2. The minimum atomic E-state index is -1.04. The third-order valence-corrected chi connectivity index (χ3v) is 2.33. The van der Waals surface area contributed by atoms with Crippen LogP contribution in [0.3, 0.4) is 0 Å². The van der Waals surface area contributed by atoms with Gasteiger partial charge in [-0.15, -0.1) is 0 Å². The fourth-order valence-corrected chi connectivity index (χ4v) is 1.69. The van der Waals surface area contributed by atoms with Gasteiger partial charge in [0.15, 0.2) is 0 Å². The summed E-state index contributed by atoms with van der Waals surface area (Å²) < 4.78 is 13.1. The molecule has 0 aliphatic heterocycles. The maximum absolute atomic E-state index is 13.1. The Morgan fingerprint density at radius 2 is 2.27 bits per heavy atom. The number of carbonyl (C=O) groups is 1. The Balaban J connectivity index is 2.93. The van der Waals surface area contributed by atoms with Crippen molar-refractivity contribution >= 4 is 23.8 Å². The molecule has 1 rings (SSSR count). The highest BCUT2D eigenvalue weighted by Gasteiger charge is 1.98. The summed E-state index contributed by atoms with van der Waals surface area (Å²) in [6.07, 6.45) is 4.31. The van der Waals surface area contributed by atoms with Crippen molar-refractivity contribution in [1.82, 2.24) is 0 Å². The van der Waals surface area contributed by atoms with Crippen LogP contribution in [-0.2, 0) is 10.5 Å². The Kier molecular flexibility index (Phi) is 4.37. The van der Waals surface area contributed by atoms with E-state index < -0.39 is 5.97 Å². The second-order valence-corrected chi connectivity index (χ2v) is 3.86. The number of aliphatic carboxylic acids is 1. The zero-order valence-electron chi connectivity index (χ0n) is 8.24. The van der Waals surface area contributed by atoms with E-state index in [1.807, 2.05) is 6.26 Å². The second kappa shape index (κ2) is 5.56. The zero-order chi connectivity index (χ0) is 11.3. The van der Waals surface area contributed by atoms with Gasteiger partial charge in [0.2, 0.25) is 0 Å². The third kappa shape index (κ3) is 4.16. The number of thioether (sulfide) groups is 1. The van der Waals surface area contributed by atoms with E-state index in [1.54, 1.807) is 17.8 Å². The lowest BCUT2D eigenvalue weighted by Crippen LogP contribution is -1.88. The molecule has 0 aliphatic carbocycles. The topological polar surface area (TPSA) is 37.3 Å². The first-order valence-electron chi connectivity index (χ1n) is 4.31. The van der Waals surface area contributed by atoms with Gasteiger partial charge in [-0.3, -0.25) is 0 Å². The van der Waals surface area contributed by atoms with Crippen LogP contribution in [0, 0.1) is 5.82 Å². The van der Waals surface area contributed by atoms with Crippen molar-refractivity contribution in [3.05, 3.63) is 41.2 Å². The van der Waals surface area contributed by atoms with Gasteiger partial charge < -0.3 is 5.11 Å². The van der Waals surface area contributed by atoms with Gasteiger partial charge in [-0.2, -0.15) is 11.8 Å². The molecule has 0 bridgehead atoms. The molecule has 0 fully saturated rings. The summed E-state index contributed by atoms with van der Waals surface area (Å²) in [5, 5.41) is 8.43. The van der Waals surface area contributed by atoms with Crippen molar-refractivity contribution in [2.24, 2.45) is 0 Å². The second-order valence-electron chi connectivity index (χ2n) is 3.00. The normalized spacial score (nSPS) is 10.8. The van der Waals surface area contributed by atoms with Crippen LogP contribution >= 0.6 is 11.8 Å². The molecule has 4 heteroatoms. The maximum atomic E-state index is 13.1. The first kappa shape index (κ1) is 11.8. The molecule has 1 N–H and O–H groups in total. The molecule has 2 nitrogen and oxygen atoms in total. The quantitative estimate of drug-likeness (QED) is 0.802. The van der Waals surface area contributed by atoms with Gasteiger partial charge >= 0.3 is 5.97 Å².